The Morgan fingerprint density at radius 1 is 1.43 bits per heavy atom. The number of imidazole rings is 1. The van der Waals surface area contributed by atoms with Crippen molar-refractivity contribution in [2.24, 2.45) is 0 Å². The van der Waals surface area contributed by atoms with E-state index in [-0.39, 0.29) is 0 Å². The van der Waals surface area contributed by atoms with Crippen LogP contribution in [0.3, 0.4) is 0 Å². The third-order valence-electron chi connectivity index (χ3n) is 3.38. The Kier molecular flexibility index (Phi) is 3.34. The smallest absolute Gasteiger partial charge is 0.323 e. The van der Waals surface area contributed by atoms with Gasteiger partial charge in [-0.15, -0.1) is 0 Å². The summed E-state index contributed by atoms with van der Waals surface area (Å²) in [5, 5.41) is 13.0. The van der Waals surface area contributed by atoms with Crippen LogP contribution in [-0.4, -0.2) is 56.5 Å². The summed E-state index contributed by atoms with van der Waals surface area (Å²) in [4.78, 5) is 29.5. The van der Waals surface area contributed by atoms with E-state index in [1.54, 1.807) is 6.92 Å². The van der Waals surface area contributed by atoms with Gasteiger partial charge in [-0.1, -0.05) is 0 Å². The van der Waals surface area contributed by atoms with Gasteiger partial charge in [-0.25, -0.2) is 4.98 Å². The molecule has 3 heterocycles. The molecule has 1 saturated heterocycles. The van der Waals surface area contributed by atoms with Gasteiger partial charge >= 0.3 is 5.97 Å². The molecule has 1 aliphatic rings. The molecule has 0 amide bonds. The SMILES string of the molecule is Cc1nc(N2CCOCC2)n2ncn(CC(=O)O)c(=O)c12. The van der Waals surface area contributed by atoms with E-state index in [1.165, 1.54) is 10.8 Å². The quantitative estimate of drug-likeness (QED) is 0.784. The van der Waals surface area contributed by atoms with E-state index in [1.807, 2.05) is 4.90 Å². The molecular formula is C12H15N5O4. The van der Waals surface area contributed by atoms with Crippen molar-refractivity contribution in [1.29, 1.82) is 0 Å². The minimum absolute atomic E-state index is 0.306. The first kappa shape index (κ1) is 13.6. The van der Waals surface area contributed by atoms with Crippen molar-refractivity contribution < 1.29 is 14.6 Å². The molecule has 1 fully saturated rings. The summed E-state index contributed by atoms with van der Waals surface area (Å²) in [6.45, 7) is 3.86. The summed E-state index contributed by atoms with van der Waals surface area (Å²) >= 11 is 0. The minimum Gasteiger partial charge on any atom is -0.480 e. The molecule has 0 spiro atoms. The molecule has 0 saturated carbocycles. The number of aliphatic carboxylic acids is 1. The number of anilines is 1. The van der Waals surface area contributed by atoms with Crippen LogP contribution in [0.2, 0.25) is 0 Å². The van der Waals surface area contributed by atoms with Crippen LogP contribution in [0.1, 0.15) is 5.69 Å². The molecule has 0 aromatic carbocycles. The summed E-state index contributed by atoms with van der Waals surface area (Å²) in [5.41, 5.74) is 0.436. The lowest BCUT2D eigenvalue weighted by Gasteiger charge is -2.26. The zero-order valence-electron chi connectivity index (χ0n) is 11.5. The van der Waals surface area contributed by atoms with Gasteiger partial charge in [0, 0.05) is 13.1 Å². The monoisotopic (exact) mass is 293 g/mol. The first-order valence-corrected chi connectivity index (χ1v) is 6.57. The van der Waals surface area contributed by atoms with Gasteiger partial charge in [0.05, 0.1) is 18.9 Å². The van der Waals surface area contributed by atoms with Crippen LogP contribution in [0.15, 0.2) is 11.1 Å². The summed E-state index contributed by atoms with van der Waals surface area (Å²) < 4.78 is 7.83. The summed E-state index contributed by atoms with van der Waals surface area (Å²) in [6, 6.07) is 0. The van der Waals surface area contributed by atoms with Gasteiger partial charge in [0.25, 0.3) is 5.56 Å². The summed E-state index contributed by atoms with van der Waals surface area (Å²) in [5.74, 6) is -0.501. The van der Waals surface area contributed by atoms with E-state index in [0.717, 1.165) is 4.57 Å². The Hall–Kier alpha value is -2.42. The van der Waals surface area contributed by atoms with Gasteiger partial charge in [-0.05, 0) is 6.92 Å². The van der Waals surface area contributed by atoms with E-state index in [9.17, 15) is 9.59 Å². The molecule has 3 rings (SSSR count). The second kappa shape index (κ2) is 5.17. The van der Waals surface area contributed by atoms with Crippen LogP contribution in [0.4, 0.5) is 5.95 Å². The zero-order valence-corrected chi connectivity index (χ0v) is 11.5. The molecule has 9 nitrogen and oxygen atoms in total. The average molecular weight is 293 g/mol. The lowest BCUT2D eigenvalue weighted by molar-refractivity contribution is -0.137. The lowest BCUT2D eigenvalue weighted by Crippen LogP contribution is -2.38. The third-order valence-corrected chi connectivity index (χ3v) is 3.38. The molecule has 1 N–H and O–H groups in total. The Bertz CT molecular complexity index is 744. The maximum atomic E-state index is 12.3. The second-order valence-corrected chi connectivity index (χ2v) is 4.81. The Morgan fingerprint density at radius 2 is 2.14 bits per heavy atom. The highest BCUT2D eigenvalue weighted by molar-refractivity contribution is 5.67. The van der Waals surface area contributed by atoms with Crippen molar-refractivity contribution in [2.45, 2.75) is 13.5 Å². The van der Waals surface area contributed by atoms with Crippen LogP contribution >= 0.6 is 0 Å². The number of ether oxygens (including phenoxy) is 1. The van der Waals surface area contributed by atoms with Crippen molar-refractivity contribution in [1.82, 2.24) is 19.2 Å². The van der Waals surface area contributed by atoms with Crippen LogP contribution in [0.25, 0.3) is 5.52 Å². The van der Waals surface area contributed by atoms with E-state index >= 15 is 0 Å². The molecule has 9 heteroatoms. The van der Waals surface area contributed by atoms with Crippen molar-refractivity contribution in [2.75, 3.05) is 31.2 Å². The molecule has 0 unspecified atom stereocenters. The minimum atomic E-state index is -1.09. The number of fused-ring (bicyclic) bond motifs is 1. The predicted molar refractivity (Wildman–Crippen MR) is 72.7 cm³/mol. The number of hydrogen-bond acceptors (Lipinski definition) is 6. The lowest BCUT2D eigenvalue weighted by atomic mass is 10.4. The number of carboxylic acids is 1. The van der Waals surface area contributed by atoms with Gasteiger partial charge in [0.2, 0.25) is 5.95 Å². The van der Waals surface area contributed by atoms with Crippen LogP contribution in [0, 0.1) is 6.92 Å². The predicted octanol–water partition coefficient (Wildman–Crippen LogP) is -0.879. The summed E-state index contributed by atoms with van der Waals surface area (Å²) in [6.07, 6.45) is 1.23. The molecular weight excluding hydrogens is 278 g/mol. The maximum Gasteiger partial charge on any atom is 0.323 e. The van der Waals surface area contributed by atoms with Crippen molar-refractivity contribution >= 4 is 17.4 Å². The second-order valence-electron chi connectivity index (χ2n) is 4.81. The number of morpholine rings is 1. The van der Waals surface area contributed by atoms with Crippen LogP contribution in [0.5, 0.6) is 0 Å². The van der Waals surface area contributed by atoms with E-state index in [0.29, 0.717) is 43.5 Å². The highest BCUT2D eigenvalue weighted by Gasteiger charge is 2.21. The fourth-order valence-corrected chi connectivity index (χ4v) is 2.39. The number of carboxylic acid groups (broad SMARTS) is 1. The van der Waals surface area contributed by atoms with Gasteiger partial charge in [0.15, 0.2) is 5.52 Å². The first-order valence-electron chi connectivity index (χ1n) is 6.57. The van der Waals surface area contributed by atoms with Gasteiger partial charge in [-0.2, -0.15) is 9.61 Å². The molecule has 2 aromatic rings. The highest BCUT2D eigenvalue weighted by atomic mass is 16.5. The molecule has 112 valence electrons. The third kappa shape index (κ3) is 2.35. The molecule has 21 heavy (non-hydrogen) atoms. The van der Waals surface area contributed by atoms with Crippen molar-refractivity contribution in [3.63, 3.8) is 0 Å². The summed E-state index contributed by atoms with van der Waals surface area (Å²) in [7, 11) is 0. The van der Waals surface area contributed by atoms with E-state index < -0.39 is 18.1 Å². The molecule has 0 aliphatic carbocycles. The standard InChI is InChI=1S/C12H15N5O4/c1-8-10-11(20)16(6-9(18)19)7-13-17(10)12(14-8)15-2-4-21-5-3-15/h7H,2-6H2,1H3,(H,18,19). The molecule has 0 atom stereocenters. The topological polar surface area (TPSA) is 102 Å². The average Bonchev–Trinajstić information content (AvgIpc) is 2.80. The molecule has 0 bridgehead atoms. The van der Waals surface area contributed by atoms with Gasteiger partial charge < -0.3 is 14.7 Å². The fraction of sp³-hybridized carbons (Fsp3) is 0.500. The molecule has 2 aromatic heterocycles. The first-order chi connectivity index (χ1) is 10.1. The zero-order chi connectivity index (χ0) is 15.0. The van der Waals surface area contributed by atoms with Crippen molar-refractivity contribution in [3.8, 4) is 0 Å². The number of aromatic nitrogens is 4. The number of rotatable bonds is 3. The molecule has 0 radical (unpaired) electrons. The number of aryl methyl sites for hydroxylation is 1. The van der Waals surface area contributed by atoms with Crippen LogP contribution < -0.4 is 10.5 Å². The molecule has 1 aliphatic heterocycles. The Balaban J connectivity index is 2.11. The van der Waals surface area contributed by atoms with E-state index in [2.05, 4.69) is 10.1 Å². The Labute approximate surface area is 119 Å². The van der Waals surface area contributed by atoms with Gasteiger partial charge in [-0.3, -0.25) is 14.2 Å². The van der Waals surface area contributed by atoms with E-state index in [4.69, 9.17) is 9.84 Å². The Morgan fingerprint density at radius 3 is 2.81 bits per heavy atom. The van der Waals surface area contributed by atoms with Crippen LogP contribution in [-0.2, 0) is 16.1 Å². The number of carbonyl (C=O) groups is 1. The number of hydrogen-bond donors (Lipinski definition) is 1. The van der Waals surface area contributed by atoms with Gasteiger partial charge in [0.1, 0.15) is 12.9 Å². The normalized spacial score (nSPS) is 15.6. The largest absolute Gasteiger partial charge is 0.480 e. The maximum absolute atomic E-state index is 12.3. The van der Waals surface area contributed by atoms with Crippen molar-refractivity contribution in [3.05, 3.63) is 22.4 Å². The highest BCUT2D eigenvalue weighted by Crippen LogP contribution is 2.16. The number of nitrogens with zero attached hydrogens (tertiary/aromatic N) is 5. The fourth-order valence-electron chi connectivity index (χ4n) is 2.39.